The van der Waals surface area contributed by atoms with Crippen molar-refractivity contribution in [1.82, 2.24) is 4.98 Å². The molecule has 1 amide bonds. The second-order valence-electron chi connectivity index (χ2n) is 5.38. The Balaban J connectivity index is 1.80. The van der Waals surface area contributed by atoms with E-state index in [-0.39, 0.29) is 5.91 Å². The molecule has 2 aromatic carbocycles. The van der Waals surface area contributed by atoms with Gasteiger partial charge in [0.2, 0.25) is 0 Å². The van der Waals surface area contributed by atoms with Crippen molar-refractivity contribution in [1.29, 1.82) is 0 Å². The normalized spacial score (nSPS) is 10.8. The molecule has 0 aliphatic rings. The Bertz CT molecular complexity index is 877. The number of fused-ring (bicyclic) bond motifs is 1. The largest absolute Gasteiger partial charge is 0.494 e. The zero-order valence-electron chi connectivity index (χ0n) is 14.2. The Labute approximate surface area is 155 Å². The Morgan fingerprint density at radius 1 is 1.24 bits per heavy atom. The second kappa shape index (κ2) is 8.36. The molecule has 0 saturated carbocycles. The highest BCUT2D eigenvalue weighted by molar-refractivity contribution is 7.99. The van der Waals surface area contributed by atoms with Gasteiger partial charge < -0.3 is 4.74 Å². The van der Waals surface area contributed by atoms with Crippen LogP contribution in [0.15, 0.2) is 47.4 Å². The summed E-state index contributed by atoms with van der Waals surface area (Å²) in [7, 11) is 0. The monoisotopic (exact) mass is 372 g/mol. The first-order chi connectivity index (χ1) is 12.2. The molecule has 25 heavy (non-hydrogen) atoms. The quantitative estimate of drug-likeness (QED) is 0.560. The standard InChI is InChI=1S/C19H20N2O2S2/c1-3-11-24-16-8-6-5-7-14(16)18(22)21-19-20-15-10-9-13(23-4-2)12-17(15)25-19/h5-10,12H,3-4,11H2,1-2H3,(H,20,21,22). The number of hydrogen-bond donors (Lipinski definition) is 1. The molecule has 0 fully saturated rings. The molecule has 6 heteroatoms. The van der Waals surface area contributed by atoms with Crippen LogP contribution in [0.3, 0.4) is 0 Å². The number of benzene rings is 2. The first-order valence-electron chi connectivity index (χ1n) is 8.27. The molecule has 4 nitrogen and oxygen atoms in total. The highest BCUT2D eigenvalue weighted by Gasteiger charge is 2.14. The zero-order chi connectivity index (χ0) is 17.6. The Morgan fingerprint density at radius 2 is 2.08 bits per heavy atom. The summed E-state index contributed by atoms with van der Waals surface area (Å²) in [4.78, 5) is 18.2. The predicted octanol–water partition coefficient (Wildman–Crippen LogP) is 5.45. The van der Waals surface area contributed by atoms with Crippen molar-refractivity contribution in [3.8, 4) is 5.75 Å². The molecular formula is C19H20N2O2S2. The fraction of sp³-hybridized carbons (Fsp3) is 0.263. The third-order valence-electron chi connectivity index (χ3n) is 3.48. The second-order valence-corrected chi connectivity index (χ2v) is 7.55. The van der Waals surface area contributed by atoms with Crippen molar-refractivity contribution in [2.75, 3.05) is 17.7 Å². The Morgan fingerprint density at radius 3 is 2.88 bits per heavy atom. The lowest BCUT2D eigenvalue weighted by Gasteiger charge is -2.07. The van der Waals surface area contributed by atoms with Crippen LogP contribution < -0.4 is 10.1 Å². The third-order valence-corrected chi connectivity index (χ3v) is 5.70. The topological polar surface area (TPSA) is 51.2 Å². The molecule has 1 N–H and O–H groups in total. The maximum absolute atomic E-state index is 12.7. The van der Waals surface area contributed by atoms with Gasteiger partial charge in [-0.3, -0.25) is 10.1 Å². The maximum Gasteiger partial charge on any atom is 0.258 e. The van der Waals surface area contributed by atoms with Crippen LogP contribution in [-0.4, -0.2) is 23.3 Å². The van der Waals surface area contributed by atoms with Crippen molar-refractivity contribution < 1.29 is 9.53 Å². The van der Waals surface area contributed by atoms with Crippen LogP contribution in [-0.2, 0) is 0 Å². The third kappa shape index (κ3) is 4.32. The van der Waals surface area contributed by atoms with Gasteiger partial charge >= 0.3 is 0 Å². The lowest BCUT2D eigenvalue weighted by Crippen LogP contribution is -2.12. The molecule has 0 aliphatic carbocycles. The van der Waals surface area contributed by atoms with E-state index in [1.165, 1.54) is 11.3 Å². The Hall–Kier alpha value is -2.05. The van der Waals surface area contributed by atoms with Crippen LogP contribution in [0.2, 0.25) is 0 Å². The van der Waals surface area contributed by atoms with Crippen LogP contribution in [0.5, 0.6) is 5.75 Å². The van der Waals surface area contributed by atoms with E-state index in [2.05, 4.69) is 17.2 Å². The van der Waals surface area contributed by atoms with Crippen molar-refractivity contribution in [2.45, 2.75) is 25.2 Å². The number of anilines is 1. The number of ether oxygens (including phenoxy) is 1. The molecule has 3 rings (SSSR count). The van der Waals surface area contributed by atoms with E-state index < -0.39 is 0 Å². The summed E-state index contributed by atoms with van der Waals surface area (Å²) in [5.41, 5.74) is 1.55. The van der Waals surface area contributed by atoms with E-state index in [1.54, 1.807) is 11.8 Å². The molecule has 130 valence electrons. The molecule has 0 aliphatic heterocycles. The lowest BCUT2D eigenvalue weighted by molar-refractivity contribution is 0.102. The minimum absolute atomic E-state index is 0.122. The van der Waals surface area contributed by atoms with Gasteiger partial charge in [-0.25, -0.2) is 4.98 Å². The number of aromatic nitrogens is 1. The number of nitrogens with one attached hydrogen (secondary N) is 1. The summed E-state index contributed by atoms with van der Waals surface area (Å²) in [6.07, 6.45) is 1.07. The van der Waals surface area contributed by atoms with Gasteiger partial charge in [-0.2, -0.15) is 0 Å². The van der Waals surface area contributed by atoms with Crippen molar-refractivity contribution >= 4 is 44.4 Å². The lowest BCUT2D eigenvalue weighted by atomic mass is 10.2. The SMILES string of the molecule is CCCSc1ccccc1C(=O)Nc1nc2ccc(OCC)cc2s1. The number of carbonyl (C=O) groups is 1. The van der Waals surface area contributed by atoms with Gasteiger partial charge in [-0.05, 0) is 49.4 Å². The maximum atomic E-state index is 12.7. The first-order valence-corrected chi connectivity index (χ1v) is 10.1. The van der Waals surface area contributed by atoms with Gasteiger partial charge in [0, 0.05) is 4.90 Å². The van der Waals surface area contributed by atoms with Gasteiger partial charge in [0.1, 0.15) is 5.75 Å². The van der Waals surface area contributed by atoms with Crippen LogP contribution in [0, 0.1) is 0 Å². The average molecular weight is 373 g/mol. The zero-order valence-corrected chi connectivity index (χ0v) is 15.9. The van der Waals surface area contributed by atoms with Gasteiger partial charge in [-0.1, -0.05) is 30.4 Å². The highest BCUT2D eigenvalue weighted by atomic mass is 32.2. The van der Waals surface area contributed by atoms with E-state index in [4.69, 9.17) is 4.74 Å². The van der Waals surface area contributed by atoms with Gasteiger partial charge in [0.15, 0.2) is 5.13 Å². The van der Waals surface area contributed by atoms with Crippen molar-refractivity contribution in [2.24, 2.45) is 0 Å². The number of hydrogen-bond acceptors (Lipinski definition) is 5. The van der Waals surface area contributed by atoms with E-state index in [9.17, 15) is 4.79 Å². The smallest absolute Gasteiger partial charge is 0.258 e. The number of amides is 1. The fourth-order valence-corrected chi connectivity index (χ4v) is 4.18. The molecule has 0 saturated heterocycles. The minimum Gasteiger partial charge on any atom is -0.494 e. The van der Waals surface area contributed by atoms with Crippen LogP contribution in [0.4, 0.5) is 5.13 Å². The number of thioether (sulfide) groups is 1. The average Bonchev–Trinajstić information content (AvgIpc) is 3.02. The van der Waals surface area contributed by atoms with Crippen molar-refractivity contribution in [3.63, 3.8) is 0 Å². The molecule has 1 heterocycles. The number of nitrogens with zero attached hydrogens (tertiary/aromatic N) is 1. The van der Waals surface area contributed by atoms with Crippen LogP contribution in [0.1, 0.15) is 30.6 Å². The minimum atomic E-state index is -0.122. The van der Waals surface area contributed by atoms with Gasteiger partial charge in [0.25, 0.3) is 5.91 Å². The summed E-state index contributed by atoms with van der Waals surface area (Å²) in [5.74, 6) is 1.69. The molecule has 0 bridgehead atoms. The number of thiazole rings is 1. The van der Waals surface area contributed by atoms with E-state index >= 15 is 0 Å². The van der Waals surface area contributed by atoms with Gasteiger partial charge in [0.05, 0.1) is 22.4 Å². The Kier molecular flexibility index (Phi) is 5.94. The summed E-state index contributed by atoms with van der Waals surface area (Å²) in [6.45, 7) is 4.71. The predicted molar refractivity (Wildman–Crippen MR) is 106 cm³/mol. The number of rotatable bonds is 7. The summed E-state index contributed by atoms with van der Waals surface area (Å²) in [6, 6.07) is 13.5. The fourth-order valence-electron chi connectivity index (χ4n) is 2.37. The molecule has 0 radical (unpaired) electrons. The molecule has 0 unspecified atom stereocenters. The van der Waals surface area contributed by atoms with Gasteiger partial charge in [-0.15, -0.1) is 11.8 Å². The van der Waals surface area contributed by atoms with E-state index in [0.29, 0.717) is 17.3 Å². The van der Waals surface area contributed by atoms with E-state index in [0.717, 1.165) is 33.0 Å². The summed E-state index contributed by atoms with van der Waals surface area (Å²) >= 11 is 3.16. The molecule has 0 spiro atoms. The van der Waals surface area contributed by atoms with Crippen LogP contribution >= 0.6 is 23.1 Å². The first kappa shape index (κ1) is 17.8. The summed E-state index contributed by atoms with van der Waals surface area (Å²) in [5, 5.41) is 3.53. The van der Waals surface area contributed by atoms with E-state index in [1.807, 2.05) is 49.4 Å². The molecule has 1 aromatic heterocycles. The molecule has 0 atom stereocenters. The molecule has 3 aromatic rings. The molecular weight excluding hydrogens is 352 g/mol. The number of carbonyl (C=O) groups excluding carboxylic acids is 1. The van der Waals surface area contributed by atoms with Crippen LogP contribution in [0.25, 0.3) is 10.2 Å². The van der Waals surface area contributed by atoms with Crippen molar-refractivity contribution in [3.05, 3.63) is 48.0 Å². The summed E-state index contributed by atoms with van der Waals surface area (Å²) < 4.78 is 6.51. The highest BCUT2D eigenvalue weighted by Crippen LogP contribution is 2.30.